The van der Waals surface area contributed by atoms with Crippen molar-refractivity contribution >= 4 is 34.8 Å². The number of methoxy groups -OCH3 is 1. The Morgan fingerprint density at radius 1 is 1.00 bits per heavy atom. The molecule has 0 atom stereocenters. The lowest BCUT2D eigenvalue weighted by Crippen LogP contribution is -2.48. The van der Waals surface area contributed by atoms with E-state index in [4.69, 9.17) is 32.9 Å². The quantitative estimate of drug-likeness (QED) is 0.378. The molecule has 6 nitrogen and oxygen atoms in total. The fraction of sp³-hybridized carbons (Fsp3) is 0.231. The first-order chi connectivity index (χ1) is 16.5. The standard InChI is InChI=1S/C26H24Cl2N4O2/c1-34-20-9-10-22(28)21(16-20)26(33)31-14-12-30(13-15-31)17-23-25(18-5-7-19(27)8-6-18)29-24-4-2-3-11-32(23)24/h2-11,16H,12-15,17H2,1H3. The highest BCUT2D eigenvalue weighted by molar-refractivity contribution is 6.33. The molecule has 5 rings (SSSR count). The van der Waals surface area contributed by atoms with E-state index in [2.05, 4.69) is 9.30 Å². The molecule has 2 aromatic carbocycles. The molecule has 0 radical (unpaired) electrons. The van der Waals surface area contributed by atoms with Crippen LogP contribution in [0.25, 0.3) is 16.9 Å². The third kappa shape index (κ3) is 4.49. The minimum atomic E-state index is -0.0693. The fourth-order valence-electron chi connectivity index (χ4n) is 4.32. The van der Waals surface area contributed by atoms with Gasteiger partial charge in [0, 0.05) is 49.5 Å². The number of halogens is 2. The highest BCUT2D eigenvalue weighted by Gasteiger charge is 2.25. The molecule has 1 aliphatic heterocycles. The number of rotatable bonds is 5. The van der Waals surface area contributed by atoms with Crippen LogP contribution in [0.15, 0.2) is 66.9 Å². The molecule has 0 unspecified atom stereocenters. The van der Waals surface area contributed by atoms with Crippen molar-refractivity contribution in [2.24, 2.45) is 0 Å². The Kier molecular flexibility index (Phi) is 6.46. The van der Waals surface area contributed by atoms with Gasteiger partial charge in [-0.2, -0.15) is 0 Å². The Balaban J connectivity index is 1.34. The number of ether oxygens (including phenoxy) is 1. The van der Waals surface area contributed by atoms with Gasteiger partial charge in [-0.1, -0.05) is 41.4 Å². The molecule has 8 heteroatoms. The number of benzene rings is 2. The van der Waals surface area contributed by atoms with E-state index in [-0.39, 0.29) is 5.91 Å². The minimum Gasteiger partial charge on any atom is -0.497 e. The van der Waals surface area contributed by atoms with E-state index < -0.39 is 0 Å². The molecular formula is C26H24Cl2N4O2. The maximum Gasteiger partial charge on any atom is 0.255 e. The Hall–Kier alpha value is -3.06. The van der Waals surface area contributed by atoms with Crippen LogP contribution < -0.4 is 4.74 Å². The number of hydrogen-bond acceptors (Lipinski definition) is 4. The van der Waals surface area contributed by atoms with Gasteiger partial charge < -0.3 is 14.0 Å². The molecule has 1 fully saturated rings. The molecule has 1 aliphatic rings. The molecule has 2 aromatic heterocycles. The Bertz CT molecular complexity index is 1330. The second kappa shape index (κ2) is 9.66. The van der Waals surface area contributed by atoms with E-state index in [1.807, 2.05) is 53.6 Å². The lowest BCUT2D eigenvalue weighted by Gasteiger charge is -2.35. The second-order valence-electron chi connectivity index (χ2n) is 8.26. The molecule has 1 saturated heterocycles. The number of hydrogen-bond donors (Lipinski definition) is 0. The largest absolute Gasteiger partial charge is 0.497 e. The summed E-state index contributed by atoms with van der Waals surface area (Å²) in [6.07, 6.45) is 2.04. The molecular weight excluding hydrogens is 471 g/mol. The zero-order chi connectivity index (χ0) is 23.7. The SMILES string of the molecule is COc1ccc(Cl)c(C(=O)N2CCN(Cc3c(-c4ccc(Cl)cc4)nc4ccccn34)CC2)c1. The Morgan fingerprint density at radius 2 is 1.76 bits per heavy atom. The Morgan fingerprint density at radius 3 is 2.50 bits per heavy atom. The molecule has 0 N–H and O–H groups in total. The number of aromatic nitrogens is 2. The van der Waals surface area contributed by atoms with Gasteiger partial charge in [-0.25, -0.2) is 4.98 Å². The zero-order valence-corrected chi connectivity index (χ0v) is 20.3. The molecule has 0 spiro atoms. The van der Waals surface area contributed by atoms with Crippen LogP contribution in [0.2, 0.25) is 10.0 Å². The first-order valence-corrected chi connectivity index (χ1v) is 11.9. The molecule has 3 heterocycles. The average molecular weight is 495 g/mol. The summed E-state index contributed by atoms with van der Waals surface area (Å²) in [6.45, 7) is 3.49. The van der Waals surface area contributed by atoms with Gasteiger partial charge in [0.2, 0.25) is 0 Å². The van der Waals surface area contributed by atoms with E-state index in [1.54, 1.807) is 25.3 Å². The van der Waals surface area contributed by atoms with Crippen molar-refractivity contribution in [3.63, 3.8) is 0 Å². The molecule has 4 aromatic rings. The van der Waals surface area contributed by atoms with Crippen molar-refractivity contribution in [1.82, 2.24) is 19.2 Å². The van der Waals surface area contributed by atoms with Crippen molar-refractivity contribution in [2.45, 2.75) is 6.54 Å². The van der Waals surface area contributed by atoms with E-state index in [1.165, 1.54) is 0 Å². The number of carbonyl (C=O) groups is 1. The number of carbonyl (C=O) groups excluding carboxylic acids is 1. The van der Waals surface area contributed by atoms with Crippen molar-refractivity contribution in [1.29, 1.82) is 0 Å². The molecule has 0 saturated carbocycles. The smallest absolute Gasteiger partial charge is 0.255 e. The monoisotopic (exact) mass is 494 g/mol. The van der Waals surface area contributed by atoms with Crippen LogP contribution in [-0.2, 0) is 6.54 Å². The van der Waals surface area contributed by atoms with Crippen LogP contribution in [0, 0.1) is 0 Å². The third-order valence-corrected chi connectivity index (χ3v) is 6.76. The number of pyridine rings is 1. The molecule has 0 aliphatic carbocycles. The first-order valence-electron chi connectivity index (χ1n) is 11.1. The van der Waals surface area contributed by atoms with Crippen LogP contribution in [0.1, 0.15) is 16.1 Å². The topological polar surface area (TPSA) is 50.1 Å². The van der Waals surface area contributed by atoms with Gasteiger partial charge in [-0.15, -0.1) is 0 Å². The molecule has 34 heavy (non-hydrogen) atoms. The number of amides is 1. The molecule has 174 valence electrons. The summed E-state index contributed by atoms with van der Waals surface area (Å²) < 4.78 is 7.40. The van der Waals surface area contributed by atoms with E-state index in [0.717, 1.165) is 42.2 Å². The number of fused-ring (bicyclic) bond motifs is 1. The second-order valence-corrected chi connectivity index (χ2v) is 9.10. The van der Waals surface area contributed by atoms with Crippen LogP contribution in [0.5, 0.6) is 5.75 Å². The maximum absolute atomic E-state index is 13.1. The summed E-state index contributed by atoms with van der Waals surface area (Å²) in [5.74, 6) is 0.550. The van der Waals surface area contributed by atoms with E-state index in [0.29, 0.717) is 34.4 Å². The maximum atomic E-state index is 13.1. The number of piperazine rings is 1. The van der Waals surface area contributed by atoms with Gasteiger partial charge in [0.1, 0.15) is 11.4 Å². The third-order valence-electron chi connectivity index (χ3n) is 6.18. The van der Waals surface area contributed by atoms with E-state index in [9.17, 15) is 4.79 Å². The summed E-state index contributed by atoms with van der Waals surface area (Å²) in [7, 11) is 1.58. The van der Waals surface area contributed by atoms with Crippen molar-refractivity contribution in [3.05, 3.63) is 88.2 Å². The van der Waals surface area contributed by atoms with Gasteiger partial charge in [0.15, 0.2) is 0 Å². The average Bonchev–Trinajstić information content (AvgIpc) is 3.23. The van der Waals surface area contributed by atoms with Crippen molar-refractivity contribution < 1.29 is 9.53 Å². The Labute approximate surface area is 208 Å². The number of nitrogens with zero attached hydrogens (tertiary/aromatic N) is 4. The summed E-state index contributed by atoms with van der Waals surface area (Å²) in [5.41, 5.74) is 4.48. The van der Waals surface area contributed by atoms with Crippen LogP contribution in [0.4, 0.5) is 0 Å². The summed E-state index contributed by atoms with van der Waals surface area (Å²) in [5, 5.41) is 1.14. The fourth-order valence-corrected chi connectivity index (χ4v) is 4.65. The predicted octanol–water partition coefficient (Wildman–Crippen LogP) is 5.27. The zero-order valence-electron chi connectivity index (χ0n) is 18.7. The first kappa shape index (κ1) is 22.7. The molecule has 1 amide bonds. The lowest BCUT2D eigenvalue weighted by atomic mass is 10.1. The van der Waals surface area contributed by atoms with Crippen LogP contribution >= 0.6 is 23.2 Å². The van der Waals surface area contributed by atoms with E-state index >= 15 is 0 Å². The predicted molar refractivity (Wildman–Crippen MR) is 135 cm³/mol. The van der Waals surface area contributed by atoms with Gasteiger partial charge in [-0.05, 0) is 42.5 Å². The van der Waals surface area contributed by atoms with Gasteiger partial charge in [0.25, 0.3) is 5.91 Å². The van der Waals surface area contributed by atoms with Crippen molar-refractivity contribution in [2.75, 3.05) is 33.3 Å². The van der Waals surface area contributed by atoms with Crippen LogP contribution in [0.3, 0.4) is 0 Å². The van der Waals surface area contributed by atoms with Gasteiger partial charge in [0.05, 0.1) is 29.1 Å². The van der Waals surface area contributed by atoms with Crippen molar-refractivity contribution in [3.8, 4) is 17.0 Å². The normalized spacial score (nSPS) is 14.5. The minimum absolute atomic E-state index is 0.0693. The number of imidazole rings is 1. The summed E-state index contributed by atoms with van der Waals surface area (Å²) in [6, 6.07) is 19.0. The molecule has 0 bridgehead atoms. The van der Waals surface area contributed by atoms with Gasteiger partial charge in [-0.3, -0.25) is 9.69 Å². The highest BCUT2D eigenvalue weighted by atomic mass is 35.5. The summed E-state index contributed by atoms with van der Waals surface area (Å²) >= 11 is 12.4. The lowest BCUT2D eigenvalue weighted by molar-refractivity contribution is 0.0626. The van der Waals surface area contributed by atoms with Gasteiger partial charge >= 0.3 is 0 Å². The highest BCUT2D eigenvalue weighted by Crippen LogP contribution is 2.28. The van der Waals surface area contributed by atoms with Crippen LogP contribution in [-0.4, -0.2) is 58.4 Å². The summed E-state index contributed by atoms with van der Waals surface area (Å²) in [4.78, 5) is 22.2.